The van der Waals surface area contributed by atoms with Crippen LogP contribution in [0.3, 0.4) is 0 Å². The molecule has 678 valence electrons. The second-order valence-electron chi connectivity index (χ2n) is 30.4. The van der Waals surface area contributed by atoms with E-state index in [0.29, 0.717) is 23.0 Å². The minimum atomic E-state index is -4.03. The molecule has 0 unspecified atom stereocenters. The SMILES string of the molecule is COC(=O)c1ccc(NS(=O)(=O)c2ccc(N)cc2)c(CS(=O)(=O)c2ccc(C)cc2)c1.Cc1ccc(S(=O)(=O)Cc2cc(-c3noc(C(C)C)n3)ccc2NS(=O)(=O)c2ccc(C)cc2)cc1.Cc1ccc(S(=O)(=O)Cc2cc(C#N)ccc2NS(=O)(=O)c2ccc(C)cc2)cc1.Cc1ccc(S(=O)(=O)Cc2cc(C(N)=NO)ccc2NS(=O)(=O)c2ccc(C)cc2)cc1. The van der Waals surface area contributed by atoms with E-state index in [2.05, 4.69) is 34.2 Å². The summed E-state index contributed by atoms with van der Waals surface area (Å²) in [5.74, 6) is -2.04. The topological polar surface area (TPSA) is 495 Å². The zero-order valence-electron chi connectivity index (χ0n) is 71.7. The van der Waals surface area contributed by atoms with Gasteiger partial charge in [-0.3, -0.25) is 18.9 Å². The average Bonchev–Trinajstić information content (AvgIpc) is 1.44. The van der Waals surface area contributed by atoms with E-state index in [1.807, 2.05) is 68.4 Å². The van der Waals surface area contributed by atoms with E-state index >= 15 is 0 Å². The molecule has 0 aliphatic rings. The van der Waals surface area contributed by atoms with Crippen molar-refractivity contribution in [3.05, 3.63) is 351 Å². The van der Waals surface area contributed by atoms with Gasteiger partial charge in [-0.05, 0) is 253 Å². The first kappa shape index (κ1) is 98.8. The molecule has 0 amide bonds. The molecule has 38 heteroatoms. The summed E-state index contributed by atoms with van der Waals surface area (Å²) in [5.41, 5.74) is 20.3. The molecule has 0 radical (unpaired) electrons. The van der Waals surface area contributed by atoms with E-state index in [0.717, 1.165) is 38.9 Å². The first-order chi connectivity index (χ1) is 61.1. The van der Waals surface area contributed by atoms with Crippen molar-refractivity contribution in [3.8, 4) is 17.5 Å². The summed E-state index contributed by atoms with van der Waals surface area (Å²) in [6.07, 6.45) is 0. The van der Waals surface area contributed by atoms with Crippen LogP contribution in [-0.4, -0.2) is 102 Å². The highest BCUT2D eigenvalue weighted by atomic mass is 32.2. The molecule has 0 atom stereocenters. The van der Waals surface area contributed by atoms with E-state index < -0.39 is 108 Å². The van der Waals surface area contributed by atoms with Crippen LogP contribution in [0.15, 0.2) is 316 Å². The van der Waals surface area contributed by atoms with Crippen LogP contribution in [-0.2, 0) is 107 Å². The number of carbonyl (C=O) groups excluding carboxylic acids is 1. The second kappa shape index (κ2) is 41.4. The molecule has 0 fully saturated rings. The number of carbonyl (C=O) groups is 1. The van der Waals surface area contributed by atoms with Gasteiger partial charge in [-0.2, -0.15) is 10.2 Å². The third-order valence-electron chi connectivity index (χ3n) is 19.6. The fraction of sp³-hybridized carbons (Fsp3) is 0.163. The fourth-order valence-corrected chi connectivity index (χ4v) is 22.1. The lowest BCUT2D eigenvalue weighted by Gasteiger charge is -2.15. The minimum Gasteiger partial charge on any atom is -0.465 e. The number of esters is 1. The number of ether oxygens (including phenoxy) is 1. The molecule has 30 nitrogen and oxygen atoms in total. The molecular weight excluding hydrogens is 1820 g/mol. The van der Waals surface area contributed by atoms with Gasteiger partial charge >= 0.3 is 5.97 Å². The maximum absolute atomic E-state index is 13.3. The number of nitrogens with two attached hydrogens (primary N) is 2. The van der Waals surface area contributed by atoms with Crippen LogP contribution in [0.2, 0.25) is 0 Å². The van der Waals surface area contributed by atoms with Crippen LogP contribution >= 0.6 is 0 Å². The molecular formula is C92H92N10O20S8. The Bertz CT molecular complexity index is 7400. The number of hydrogen-bond acceptors (Lipinski definition) is 25. The van der Waals surface area contributed by atoms with Crippen LogP contribution in [0.1, 0.15) is 108 Å². The number of anilines is 5. The van der Waals surface area contributed by atoms with Gasteiger partial charge in [0, 0.05) is 22.7 Å². The summed E-state index contributed by atoms with van der Waals surface area (Å²) in [5, 5.41) is 25.1. The molecule has 1 heterocycles. The largest absolute Gasteiger partial charge is 0.465 e. The number of amidine groups is 1. The molecule has 12 aromatic carbocycles. The van der Waals surface area contributed by atoms with Gasteiger partial charge in [0.15, 0.2) is 45.2 Å². The van der Waals surface area contributed by atoms with E-state index in [1.54, 1.807) is 109 Å². The zero-order chi connectivity index (χ0) is 95.1. The summed E-state index contributed by atoms with van der Waals surface area (Å²) >= 11 is 0. The molecule has 0 aliphatic heterocycles. The van der Waals surface area contributed by atoms with Gasteiger partial charge in [-0.15, -0.1) is 0 Å². The third-order valence-corrected chi connectivity index (χ3v) is 31.9. The van der Waals surface area contributed by atoms with Crippen molar-refractivity contribution in [2.24, 2.45) is 10.9 Å². The lowest BCUT2D eigenvalue weighted by molar-refractivity contribution is 0.0600. The molecule has 0 aliphatic carbocycles. The number of hydrogen-bond donors (Lipinski definition) is 7. The molecule has 130 heavy (non-hydrogen) atoms. The molecule has 9 N–H and O–H groups in total. The predicted octanol–water partition coefficient (Wildman–Crippen LogP) is 15.5. The maximum atomic E-state index is 13.3. The highest BCUT2D eigenvalue weighted by molar-refractivity contribution is 7.94. The summed E-state index contributed by atoms with van der Waals surface area (Å²) in [4.78, 5) is 16.9. The lowest BCUT2D eigenvalue weighted by atomic mass is 10.1. The predicted molar refractivity (Wildman–Crippen MR) is 498 cm³/mol. The number of rotatable bonds is 28. The quantitative estimate of drug-likeness (QED) is 0.00598. The molecule has 0 bridgehead atoms. The Kier molecular flexibility index (Phi) is 31.4. The smallest absolute Gasteiger partial charge is 0.337 e. The highest BCUT2D eigenvalue weighted by Gasteiger charge is 2.29. The van der Waals surface area contributed by atoms with Gasteiger partial charge in [0.05, 0.1) is 109 Å². The summed E-state index contributed by atoms with van der Waals surface area (Å²) in [6, 6.07) is 69.2. The molecule has 0 spiro atoms. The monoisotopic (exact) mass is 1910 g/mol. The number of nitrogens with one attached hydrogen (secondary N) is 4. The Morgan fingerprint density at radius 2 is 0.662 bits per heavy atom. The summed E-state index contributed by atoms with van der Waals surface area (Å²) in [6.45, 7) is 16.8. The van der Waals surface area contributed by atoms with Crippen molar-refractivity contribution >= 4 is 120 Å². The minimum absolute atomic E-state index is 0.0215. The molecule has 1 aromatic heterocycles. The molecule has 13 rings (SSSR count). The van der Waals surface area contributed by atoms with Gasteiger partial charge in [-0.25, -0.2) is 72.1 Å². The van der Waals surface area contributed by atoms with Crippen molar-refractivity contribution in [1.29, 1.82) is 5.26 Å². The Labute approximate surface area is 757 Å². The number of sulfone groups is 4. The Hall–Kier alpha value is -13.4. The van der Waals surface area contributed by atoms with Crippen LogP contribution in [0, 0.1) is 59.8 Å². The van der Waals surface area contributed by atoms with Crippen molar-refractivity contribution in [1.82, 2.24) is 10.1 Å². The van der Waals surface area contributed by atoms with Crippen molar-refractivity contribution < 1.29 is 86.6 Å². The van der Waals surface area contributed by atoms with Crippen molar-refractivity contribution in [2.45, 2.75) is 130 Å². The summed E-state index contributed by atoms with van der Waals surface area (Å²) in [7, 11) is -29.9. The Morgan fingerprint density at radius 3 is 0.954 bits per heavy atom. The van der Waals surface area contributed by atoms with Crippen LogP contribution in [0.25, 0.3) is 11.4 Å². The van der Waals surface area contributed by atoms with E-state index in [-0.39, 0.29) is 113 Å². The number of benzene rings is 12. The molecule has 0 saturated heterocycles. The average molecular weight is 1910 g/mol. The third kappa shape index (κ3) is 26.2. The number of methoxy groups -OCH3 is 1. The standard InChI is InChI=1S/C26H27N3O5S2.C22H23N3O5S2.C22H22N2O6S2.C22H20N2O4S2/c1-17(2)26-27-25(28-34-26)20-9-14-24(29-36(32,33)23-12-7-19(4)8-13-23)21(15-20)16-35(30,31)22-10-5-18(3)6-11-22;1-15-3-8-19(9-4-15)31(27,28)14-18-13-17(22(23)24-26)7-12-21(18)25-32(29,30)20-10-5-16(2)6-11-20;1-15-3-8-19(9-4-15)31(26,27)14-17-13-16(22(25)30-2)5-12-21(17)24-32(28,29)20-10-6-18(23)7-11-20;1-16-3-8-20(9-4-16)29(25,26)15-19-13-18(14-23)7-12-22(19)24-30(27,28)21-10-5-17(2)6-11-21/h5-15,17,29H,16H2,1-4H3;3-13,25-26H,14H2,1-2H3,(H2,23,24);3-13,24H,14,23H2,1-2H3;3-13,24H,15H2,1-2H3. The number of oxime groups is 1. The van der Waals surface area contributed by atoms with Crippen LogP contribution < -0.4 is 30.4 Å². The first-order valence-electron chi connectivity index (χ1n) is 39.3. The second-order valence-corrected chi connectivity index (χ2v) is 45.1. The lowest BCUT2D eigenvalue weighted by Crippen LogP contribution is -2.18. The van der Waals surface area contributed by atoms with Crippen molar-refractivity contribution in [2.75, 3.05) is 31.7 Å². The zero-order valence-corrected chi connectivity index (χ0v) is 78.3. The van der Waals surface area contributed by atoms with Gasteiger partial charge in [0.2, 0.25) is 11.7 Å². The van der Waals surface area contributed by atoms with Crippen LogP contribution in [0.4, 0.5) is 28.4 Å². The number of nitrogens with zero attached hydrogens (tertiary/aromatic N) is 4. The van der Waals surface area contributed by atoms with Gasteiger partial charge in [0.25, 0.3) is 40.1 Å². The normalized spacial score (nSPS) is 12.0. The highest BCUT2D eigenvalue weighted by Crippen LogP contribution is 2.34. The van der Waals surface area contributed by atoms with Gasteiger partial charge in [-0.1, -0.05) is 148 Å². The molecule has 0 saturated carbocycles. The number of nitriles is 1. The number of nitrogen functional groups attached to an aromatic ring is 1. The summed E-state index contributed by atoms with van der Waals surface area (Å²) < 4.78 is 227. The van der Waals surface area contributed by atoms with Crippen LogP contribution in [0.5, 0.6) is 0 Å². The van der Waals surface area contributed by atoms with Crippen molar-refractivity contribution in [3.63, 3.8) is 0 Å². The van der Waals surface area contributed by atoms with Gasteiger partial charge < -0.3 is 25.9 Å². The first-order valence-corrected chi connectivity index (χ1v) is 51.8. The Morgan fingerprint density at radius 1 is 0.392 bits per heavy atom. The Balaban J connectivity index is 0.000000181. The number of sulfonamides is 4. The van der Waals surface area contributed by atoms with E-state index in [1.165, 1.54) is 165 Å². The van der Waals surface area contributed by atoms with E-state index in [9.17, 15) is 77.4 Å². The van der Waals surface area contributed by atoms with E-state index in [4.69, 9.17) is 25.9 Å². The number of aryl methyl sites for hydroxylation is 7. The molecule has 13 aromatic rings. The maximum Gasteiger partial charge on any atom is 0.337 e. The fourth-order valence-electron chi connectivity index (χ4n) is 12.3. The van der Waals surface area contributed by atoms with Gasteiger partial charge in [0.1, 0.15) is 0 Å². The number of aromatic nitrogens is 2.